The monoisotopic (exact) mass is 354 g/mol. The zero-order chi connectivity index (χ0) is 17.6. The average Bonchev–Trinajstić information content (AvgIpc) is 3.22. The highest BCUT2D eigenvalue weighted by atomic mass is 32.2. The highest BCUT2D eigenvalue weighted by molar-refractivity contribution is 7.99. The molecule has 0 spiro atoms. The Kier molecular flexibility index (Phi) is 7.26. The molecular formula is C18H34N4OS. The summed E-state index contributed by atoms with van der Waals surface area (Å²) in [4.78, 5) is 19.2. The minimum absolute atomic E-state index is 0.239. The summed E-state index contributed by atoms with van der Waals surface area (Å²) < 4.78 is 0. The van der Waals surface area contributed by atoms with E-state index in [0.717, 1.165) is 43.4 Å². The summed E-state index contributed by atoms with van der Waals surface area (Å²) in [5.74, 6) is 1.12. The molecule has 5 nitrogen and oxygen atoms in total. The molecule has 138 valence electrons. The van der Waals surface area contributed by atoms with Crippen LogP contribution in [0.15, 0.2) is 4.99 Å². The molecule has 2 aliphatic carbocycles. The van der Waals surface area contributed by atoms with Gasteiger partial charge in [-0.05, 0) is 45.3 Å². The van der Waals surface area contributed by atoms with Crippen LogP contribution in [0.5, 0.6) is 0 Å². The van der Waals surface area contributed by atoms with Crippen molar-refractivity contribution in [3.05, 3.63) is 0 Å². The van der Waals surface area contributed by atoms with Crippen LogP contribution < -0.4 is 10.6 Å². The normalized spacial score (nSPS) is 26.4. The molecule has 0 bridgehead atoms. The minimum Gasteiger partial charge on any atom is -0.357 e. The van der Waals surface area contributed by atoms with Gasteiger partial charge in [0.15, 0.2) is 5.96 Å². The van der Waals surface area contributed by atoms with Crippen molar-refractivity contribution < 1.29 is 4.79 Å². The van der Waals surface area contributed by atoms with Crippen molar-refractivity contribution in [2.75, 3.05) is 33.4 Å². The van der Waals surface area contributed by atoms with Gasteiger partial charge < -0.3 is 15.5 Å². The summed E-state index contributed by atoms with van der Waals surface area (Å²) in [5, 5.41) is 7.72. The van der Waals surface area contributed by atoms with E-state index in [4.69, 9.17) is 4.99 Å². The standard InChI is InChI=1S/C18H34N4OS/c1-5-19-17(21-14-8-9-15(12-14)24-4)20-13-18(10-6-7-11-18)16(23)22(2)3/h14-15H,5-13H2,1-4H3,(H2,19,20,21). The first-order valence-corrected chi connectivity index (χ1v) is 10.6. The fourth-order valence-corrected chi connectivity index (χ4v) is 4.79. The van der Waals surface area contributed by atoms with E-state index in [1.807, 2.05) is 25.9 Å². The second-order valence-corrected chi connectivity index (χ2v) is 8.53. The molecule has 2 saturated carbocycles. The minimum atomic E-state index is -0.288. The molecule has 6 heteroatoms. The van der Waals surface area contributed by atoms with Gasteiger partial charge in [0.25, 0.3) is 0 Å². The van der Waals surface area contributed by atoms with Gasteiger partial charge in [-0.15, -0.1) is 0 Å². The second-order valence-electron chi connectivity index (χ2n) is 7.39. The van der Waals surface area contributed by atoms with Crippen LogP contribution >= 0.6 is 11.8 Å². The van der Waals surface area contributed by atoms with Gasteiger partial charge >= 0.3 is 0 Å². The molecule has 1 amide bonds. The van der Waals surface area contributed by atoms with E-state index in [-0.39, 0.29) is 11.3 Å². The first-order chi connectivity index (χ1) is 11.5. The van der Waals surface area contributed by atoms with Gasteiger partial charge in [-0.1, -0.05) is 12.8 Å². The lowest BCUT2D eigenvalue weighted by molar-refractivity contribution is -0.138. The quantitative estimate of drug-likeness (QED) is 0.568. The summed E-state index contributed by atoms with van der Waals surface area (Å²) in [6.07, 6.45) is 10.1. The number of guanidine groups is 1. The first kappa shape index (κ1) is 19.4. The number of carbonyl (C=O) groups is 1. The lowest BCUT2D eigenvalue weighted by Crippen LogP contribution is -2.45. The SMILES string of the molecule is CCNC(=NCC1(C(=O)N(C)C)CCCC1)NC1CCC(SC)C1. The van der Waals surface area contributed by atoms with Crippen molar-refractivity contribution in [2.45, 2.75) is 63.2 Å². The Labute approximate surface area is 151 Å². The molecule has 24 heavy (non-hydrogen) atoms. The molecule has 0 aliphatic heterocycles. The zero-order valence-electron chi connectivity index (χ0n) is 15.7. The molecule has 2 unspecified atom stereocenters. The topological polar surface area (TPSA) is 56.7 Å². The van der Waals surface area contributed by atoms with Gasteiger partial charge in [0.05, 0.1) is 12.0 Å². The maximum absolute atomic E-state index is 12.7. The lowest BCUT2D eigenvalue weighted by atomic mass is 9.85. The number of nitrogens with one attached hydrogen (secondary N) is 2. The van der Waals surface area contributed by atoms with Crippen molar-refractivity contribution >= 4 is 23.6 Å². The van der Waals surface area contributed by atoms with E-state index in [9.17, 15) is 4.79 Å². The van der Waals surface area contributed by atoms with Crippen LogP contribution in [0.4, 0.5) is 0 Å². The Hall–Kier alpha value is -0.910. The van der Waals surface area contributed by atoms with Gasteiger partial charge in [0.1, 0.15) is 0 Å². The van der Waals surface area contributed by atoms with Crippen LogP contribution in [0.25, 0.3) is 0 Å². The van der Waals surface area contributed by atoms with E-state index in [0.29, 0.717) is 12.6 Å². The summed E-state index contributed by atoms with van der Waals surface area (Å²) >= 11 is 1.97. The molecule has 2 atom stereocenters. The van der Waals surface area contributed by atoms with Crippen molar-refractivity contribution in [1.82, 2.24) is 15.5 Å². The van der Waals surface area contributed by atoms with Crippen molar-refractivity contribution in [2.24, 2.45) is 10.4 Å². The van der Waals surface area contributed by atoms with Gasteiger partial charge in [-0.25, -0.2) is 0 Å². The van der Waals surface area contributed by atoms with Crippen molar-refractivity contribution in [3.63, 3.8) is 0 Å². The Morgan fingerprint density at radius 2 is 2.00 bits per heavy atom. The van der Waals surface area contributed by atoms with Crippen LogP contribution in [0.3, 0.4) is 0 Å². The first-order valence-electron chi connectivity index (χ1n) is 9.30. The molecule has 2 N–H and O–H groups in total. The van der Waals surface area contributed by atoms with Crippen LogP contribution in [0.1, 0.15) is 51.9 Å². The van der Waals surface area contributed by atoms with Gasteiger partial charge in [0.2, 0.25) is 5.91 Å². The predicted molar refractivity (Wildman–Crippen MR) is 104 cm³/mol. The van der Waals surface area contributed by atoms with Gasteiger partial charge in [0, 0.05) is 31.9 Å². The number of hydrogen-bond donors (Lipinski definition) is 2. The van der Waals surface area contributed by atoms with Gasteiger partial charge in [-0.3, -0.25) is 9.79 Å². The van der Waals surface area contributed by atoms with Crippen LogP contribution in [0, 0.1) is 5.41 Å². The summed E-state index contributed by atoms with van der Waals surface area (Å²) in [7, 11) is 3.72. The second kappa shape index (κ2) is 8.97. The number of rotatable bonds is 6. The molecule has 0 aromatic rings. The highest BCUT2D eigenvalue weighted by Gasteiger charge is 2.42. The summed E-state index contributed by atoms with van der Waals surface area (Å²) in [6, 6.07) is 0.504. The van der Waals surface area contributed by atoms with Crippen molar-refractivity contribution in [3.8, 4) is 0 Å². The molecule has 0 heterocycles. The maximum atomic E-state index is 12.7. The number of carbonyl (C=O) groups excluding carboxylic acids is 1. The largest absolute Gasteiger partial charge is 0.357 e. The molecule has 0 aromatic heterocycles. The number of aliphatic imine (C=N–C) groups is 1. The van der Waals surface area contributed by atoms with Gasteiger partial charge in [-0.2, -0.15) is 11.8 Å². The summed E-state index contributed by atoms with van der Waals surface area (Å²) in [6.45, 7) is 3.53. The number of hydrogen-bond acceptors (Lipinski definition) is 3. The molecule has 2 aliphatic rings. The lowest BCUT2D eigenvalue weighted by Gasteiger charge is -2.29. The van der Waals surface area contributed by atoms with E-state index in [1.54, 1.807) is 4.90 Å². The fourth-order valence-electron chi connectivity index (χ4n) is 3.99. The Morgan fingerprint density at radius 1 is 1.29 bits per heavy atom. The molecule has 0 radical (unpaired) electrons. The summed E-state index contributed by atoms with van der Waals surface area (Å²) in [5.41, 5.74) is -0.288. The Bertz CT molecular complexity index is 446. The molecular weight excluding hydrogens is 320 g/mol. The Balaban J connectivity index is 2.02. The molecule has 0 aromatic carbocycles. The average molecular weight is 355 g/mol. The van der Waals surface area contributed by atoms with E-state index < -0.39 is 0 Å². The molecule has 0 saturated heterocycles. The van der Waals surface area contributed by atoms with Crippen LogP contribution in [0.2, 0.25) is 0 Å². The van der Waals surface area contributed by atoms with E-state index >= 15 is 0 Å². The number of amides is 1. The Morgan fingerprint density at radius 3 is 2.54 bits per heavy atom. The van der Waals surface area contributed by atoms with E-state index in [1.165, 1.54) is 19.3 Å². The van der Waals surface area contributed by atoms with Crippen LogP contribution in [-0.2, 0) is 4.79 Å². The van der Waals surface area contributed by atoms with Crippen molar-refractivity contribution in [1.29, 1.82) is 0 Å². The number of thioether (sulfide) groups is 1. The third kappa shape index (κ3) is 4.80. The predicted octanol–water partition coefficient (Wildman–Crippen LogP) is 2.47. The number of nitrogens with zero attached hydrogens (tertiary/aromatic N) is 2. The van der Waals surface area contributed by atoms with Crippen LogP contribution in [-0.4, -0.2) is 61.5 Å². The molecule has 2 rings (SSSR count). The van der Waals surface area contributed by atoms with E-state index in [2.05, 4.69) is 23.8 Å². The third-order valence-electron chi connectivity index (χ3n) is 5.36. The maximum Gasteiger partial charge on any atom is 0.230 e. The highest BCUT2D eigenvalue weighted by Crippen LogP contribution is 2.39. The smallest absolute Gasteiger partial charge is 0.230 e. The zero-order valence-corrected chi connectivity index (χ0v) is 16.5. The fraction of sp³-hybridized carbons (Fsp3) is 0.889. The molecule has 2 fully saturated rings. The third-order valence-corrected chi connectivity index (χ3v) is 6.46.